The van der Waals surface area contributed by atoms with Gasteiger partial charge in [-0.3, -0.25) is 9.59 Å². The number of ketones is 1. The summed E-state index contributed by atoms with van der Waals surface area (Å²) in [6.07, 6.45) is -0.0321. The highest BCUT2D eigenvalue weighted by molar-refractivity contribution is 6.46. The first-order chi connectivity index (χ1) is 16.6. The van der Waals surface area contributed by atoms with Crippen LogP contribution in [-0.4, -0.2) is 69.3 Å². The second kappa shape index (κ2) is 11.0. The van der Waals surface area contributed by atoms with Crippen molar-refractivity contribution in [2.45, 2.75) is 26.0 Å². The van der Waals surface area contributed by atoms with Gasteiger partial charge in [0.15, 0.2) is 0 Å². The molecule has 1 N–H and O–H groups in total. The third kappa shape index (κ3) is 5.39. The lowest BCUT2D eigenvalue weighted by atomic mass is 9.94. The molecule has 2 aromatic carbocycles. The summed E-state index contributed by atoms with van der Waals surface area (Å²) in [4.78, 5) is 29.7. The van der Waals surface area contributed by atoms with Gasteiger partial charge in [0.05, 0.1) is 49.1 Å². The van der Waals surface area contributed by atoms with E-state index in [9.17, 15) is 14.7 Å². The van der Waals surface area contributed by atoms with Crippen LogP contribution >= 0.6 is 11.6 Å². The molecule has 9 heteroatoms. The Morgan fingerprint density at radius 2 is 1.71 bits per heavy atom. The molecule has 3 rings (SSSR count). The van der Waals surface area contributed by atoms with E-state index in [1.807, 2.05) is 57.1 Å². The molecule has 1 unspecified atom stereocenters. The zero-order valence-corrected chi connectivity index (χ0v) is 21.5. The third-order valence-corrected chi connectivity index (χ3v) is 6.07. The summed E-state index contributed by atoms with van der Waals surface area (Å²) < 4.78 is 16.3. The predicted octanol–water partition coefficient (Wildman–Crippen LogP) is 4.27. The number of aliphatic hydroxyl groups is 1. The summed E-state index contributed by atoms with van der Waals surface area (Å²) in [5, 5.41) is 11.6. The van der Waals surface area contributed by atoms with Crippen LogP contribution in [-0.2, 0) is 14.3 Å². The number of nitrogens with zero attached hydrogens (tertiary/aromatic N) is 2. The number of ether oxygens (including phenoxy) is 3. The van der Waals surface area contributed by atoms with Crippen molar-refractivity contribution in [1.82, 2.24) is 4.90 Å². The molecular weight excluding hydrogens is 472 g/mol. The van der Waals surface area contributed by atoms with Crippen LogP contribution in [0.4, 0.5) is 5.69 Å². The van der Waals surface area contributed by atoms with E-state index in [-0.39, 0.29) is 46.9 Å². The number of methoxy groups -OCH3 is 2. The highest BCUT2D eigenvalue weighted by Crippen LogP contribution is 2.43. The fourth-order valence-electron chi connectivity index (χ4n) is 3.99. The molecule has 1 amide bonds. The van der Waals surface area contributed by atoms with Crippen LogP contribution in [0.5, 0.6) is 11.5 Å². The molecule has 35 heavy (non-hydrogen) atoms. The van der Waals surface area contributed by atoms with Gasteiger partial charge in [-0.1, -0.05) is 23.7 Å². The van der Waals surface area contributed by atoms with Crippen LogP contribution in [0.15, 0.2) is 42.0 Å². The van der Waals surface area contributed by atoms with E-state index in [1.165, 1.54) is 31.3 Å². The number of hydrogen-bond donors (Lipinski definition) is 1. The van der Waals surface area contributed by atoms with E-state index in [0.717, 1.165) is 5.69 Å². The van der Waals surface area contributed by atoms with Gasteiger partial charge in [0, 0.05) is 32.4 Å². The van der Waals surface area contributed by atoms with Crippen LogP contribution in [0.3, 0.4) is 0 Å². The lowest BCUT2D eigenvalue weighted by Crippen LogP contribution is -2.33. The molecule has 0 radical (unpaired) electrons. The van der Waals surface area contributed by atoms with Crippen LogP contribution in [0.2, 0.25) is 5.02 Å². The molecule has 1 aliphatic rings. The maximum absolute atomic E-state index is 13.2. The van der Waals surface area contributed by atoms with Crippen molar-refractivity contribution in [3.05, 3.63) is 58.1 Å². The summed E-state index contributed by atoms with van der Waals surface area (Å²) in [6, 6.07) is 9.63. The van der Waals surface area contributed by atoms with Gasteiger partial charge in [-0.25, -0.2) is 0 Å². The molecule has 1 saturated heterocycles. The summed E-state index contributed by atoms with van der Waals surface area (Å²) in [5.41, 5.74) is 1.78. The maximum atomic E-state index is 13.2. The zero-order chi connectivity index (χ0) is 25.9. The van der Waals surface area contributed by atoms with E-state index in [2.05, 4.69) is 0 Å². The number of likely N-dealkylation sites (tertiary alicyclic amines) is 1. The van der Waals surface area contributed by atoms with Crippen LogP contribution in [0.25, 0.3) is 5.76 Å². The van der Waals surface area contributed by atoms with Crippen molar-refractivity contribution < 1.29 is 28.9 Å². The van der Waals surface area contributed by atoms with Gasteiger partial charge in [-0.15, -0.1) is 0 Å². The summed E-state index contributed by atoms with van der Waals surface area (Å²) in [7, 11) is 6.73. The quantitative estimate of drug-likeness (QED) is 0.311. The number of rotatable bonds is 9. The van der Waals surface area contributed by atoms with Gasteiger partial charge in [-0.2, -0.15) is 0 Å². The number of amides is 1. The number of carbonyl (C=O) groups is 2. The Bertz CT molecular complexity index is 1130. The van der Waals surface area contributed by atoms with Gasteiger partial charge in [0.2, 0.25) is 0 Å². The number of aliphatic hydroxyl groups excluding tert-OH is 1. The molecule has 0 saturated carbocycles. The lowest BCUT2D eigenvalue weighted by Gasteiger charge is -2.26. The molecule has 1 heterocycles. The second-order valence-corrected chi connectivity index (χ2v) is 8.99. The Balaban J connectivity index is 2.18. The topological polar surface area (TPSA) is 88.5 Å². The Hall–Kier alpha value is -3.23. The fourth-order valence-corrected chi connectivity index (χ4v) is 4.23. The van der Waals surface area contributed by atoms with Gasteiger partial charge in [0.1, 0.15) is 17.3 Å². The highest BCUT2D eigenvalue weighted by atomic mass is 35.5. The molecule has 188 valence electrons. The Kier molecular flexibility index (Phi) is 8.30. The number of carbonyl (C=O) groups excluding carboxylic acids is 2. The molecule has 0 aliphatic carbocycles. The number of halogens is 1. The molecule has 0 bridgehead atoms. The predicted molar refractivity (Wildman–Crippen MR) is 135 cm³/mol. The molecule has 0 aromatic heterocycles. The normalized spacial score (nSPS) is 17.3. The second-order valence-electron chi connectivity index (χ2n) is 8.59. The molecule has 1 aliphatic heterocycles. The minimum atomic E-state index is -0.812. The van der Waals surface area contributed by atoms with Crippen molar-refractivity contribution in [2.75, 3.05) is 46.4 Å². The Morgan fingerprint density at radius 3 is 2.26 bits per heavy atom. The average Bonchev–Trinajstić information content (AvgIpc) is 3.08. The number of hydrogen-bond acceptors (Lipinski definition) is 7. The van der Waals surface area contributed by atoms with Crippen LogP contribution in [0.1, 0.15) is 31.0 Å². The number of anilines is 1. The summed E-state index contributed by atoms with van der Waals surface area (Å²) in [6.45, 7) is 4.21. The van der Waals surface area contributed by atoms with Gasteiger partial charge in [-0.05, 0) is 37.6 Å². The van der Waals surface area contributed by atoms with Crippen LogP contribution < -0.4 is 14.4 Å². The standard InChI is InChI=1S/C26H31ClN2O6/c1-15(2)35-12-11-29-23(16-7-9-17(10-8-16)28(3)4)22(25(31)26(29)32)24(30)18-13-19(27)21(34-6)14-20(18)33-5/h7-10,13-15,23,30H,11-12H2,1-6H3/b24-22+. The smallest absolute Gasteiger partial charge is 0.295 e. The Labute approximate surface area is 210 Å². The first-order valence-corrected chi connectivity index (χ1v) is 11.6. The van der Waals surface area contributed by atoms with E-state index in [4.69, 9.17) is 25.8 Å². The van der Waals surface area contributed by atoms with Gasteiger partial charge < -0.3 is 29.1 Å². The van der Waals surface area contributed by atoms with Crippen molar-refractivity contribution in [3.63, 3.8) is 0 Å². The molecule has 2 aromatic rings. The monoisotopic (exact) mass is 502 g/mol. The van der Waals surface area contributed by atoms with Gasteiger partial charge >= 0.3 is 0 Å². The number of benzene rings is 2. The minimum absolute atomic E-state index is 0.0321. The van der Waals surface area contributed by atoms with E-state index < -0.39 is 17.7 Å². The van der Waals surface area contributed by atoms with E-state index >= 15 is 0 Å². The van der Waals surface area contributed by atoms with Gasteiger partial charge in [0.25, 0.3) is 11.7 Å². The van der Waals surface area contributed by atoms with Crippen molar-refractivity contribution in [3.8, 4) is 11.5 Å². The highest BCUT2D eigenvalue weighted by Gasteiger charge is 2.46. The summed E-state index contributed by atoms with van der Waals surface area (Å²) in [5.74, 6) is -1.28. The van der Waals surface area contributed by atoms with Crippen molar-refractivity contribution in [1.29, 1.82) is 0 Å². The zero-order valence-electron chi connectivity index (χ0n) is 20.8. The maximum Gasteiger partial charge on any atom is 0.295 e. The van der Waals surface area contributed by atoms with Crippen molar-refractivity contribution in [2.24, 2.45) is 0 Å². The SMILES string of the molecule is COc1cc(OC)c(/C(O)=C2\C(=O)C(=O)N(CCOC(C)C)C2c2ccc(N(C)C)cc2)cc1Cl. The fraction of sp³-hybridized carbons (Fsp3) is 0.385. The van der Waals surface area contributed by atoms with E-state index in [0.29, 0.717) is 11.3 Å². The largest absolute Gasteiger partial charge is 0.507 e. The van der Waals surface area contributed by atoms with Crippen molar-refractivity contribution >= 4 is 34.7 Å². The molecule has 1 fully saturated rings. The van der Waals surface area contributed by atoms with E-state index in [1.54, 1.807) is 0 Å². The molecule has 0 spiro atoms. The average molecular weight is 503 g/mol. The molecular formula is C26H31ClN2O6. The Morgan fingerprint density at radius 1 is 1.09 bits per heavy atom. The number of Topliss-reactive ketones (excluding diaryl/α,β-unsaturated/α-hetero) is 1. The first-order valence-electron chi connectivity index (χ1n) is 11.2. The first kappa shape index (κ1) is 26.4. The molecule has 8 nitrogen and oxygen atoms in total. The third-order valence-electron chi connectivity index (χ3n) is 5.78. The molecule has 1 atom stereocenters. The lowest BCUT2D eigenvalue weighted by molar-refractivity contribution is -0.140. The summed E-state index contributed by atoms with van der Waals surface area (Å²) >= 11 is 6.30. The minimum Gasteiger partial charge on any atom is -0.507 e. The van der Waals surface area contributed by atoms with Crippen LogP contribution in [0, 0.1) is 0 Å².